The molecule has 0 aromatic heterocycles. The molecule has 0 amide bonds. The topological polar surface area (TPSA) is 18.5 Å². The van der Waals surface area contributed by atoms with E-state index in [0.717, 1.165) is 0 Å². The molecule has 0 spiro atoms. The molecule has 0 bridgehead atoms. The van der Waals surface area contributed by atoms with Gasteiger partial charge in [0.25, 0.3) is 0 Å². The number of ether oxygens (including phenoxy) is 2. The van der Waals surface area contributed by atoms with Crippen LogP contribution in [0.25, 0.3) is 0 Å². The second kappa shape index (κ2) is 4.15. The number of hydrogen-bond acceptors (Lipinski definition) is 2. The van der Waals surface area contributed by atoms with Crippen molar-refractivity contribution >= 4 is 34.8 Å². The second-order valence-electron chi connectivity index (χ2n) is 2.27. The summed E-state index contributed by atoms with van der Waals surface area (Å²) in [7, 11) is 0. The number of halogens is 3. The summed E-state index contributed by atoms with van der Waals surface area (Å²) in [6.07, 6.45) is -0.0629. The Bertz CT molecular complexity index is 123. The third-order valence-corrected chi connectivity index (χ3v) is 2.32. The molecule has 1 aliphatic rings. The van der Waals surface area contributed by atoms with E-state index in [9.17, 15) is 0 Å². The van der Waals surface area contributed by atoms with Gasteiger partial charge in [-0.2, -0.15) is 0 Å². The predicted molar refractivity (Wildman–Crippen MR) is 45.5 cm³/mol. The Morgan fingerprint density at radius 3 is 2.27 bits per heavy atom. The molecule has 1 fully saturated rings. The average molecular weight is 219 g/mol. The summed E-state index contributed by atoms with van der Waals surface area (Å²) in [4.78, 5) is 0. The van der Waals surface area contributed by atoms with Crippen molar-refractivity contribution in [2.75, 3.05) is 19.1 Å². The van der Waals surface area contributed by atoms with Crippen molar-refractivity contribution in [1.82, 2.24) is 0 Å². The Morgan fingerprint density at radius 1 is 1.27 bits per heavy atom. The van der Waals surface area contributed by atoms with Gasteiger partial charge in [0.15, 0.2) is 10.6 Å². The van der Waals surface area contributed by atoms with Crippen LogP contribution in [0.15, 0.2) is 0 Å². The summed E-state index contributed by atoms with van der Waals surface area (Å²) in [5.74, 6) is 0.399. The monoisotopic (exact) mass is 218 g/mol. The summed E-state index contributed by atoms with van der Waals surface area (Å²) in [6, 6.07) is 0. The van der Waals surface area contributed by atoms with Gasteiger partial charge >= 0.3 is 0 Å². The maximum absolute atomic E-state index is 5.87. The summed E-state index contributed by atoms with van der Waals surface area (Å²) >= 11 is 17.2. The normalized spacial score (nSPS) is 21.0. The highest BCUT2D eigenvalue weighted by molar-refractivity contribution is 6.49. The maximum atomic E-state index is 5.87. The van der Waals surface area contributed by atoms with Gasteiger partial charge in [-0.1, -0.05) is 23.2 Å². The lowest BCUT2D eigenvalue weighted by Crippen LogP contribution is -2.32. The molecule has 0 N–H and O–H groups in total. The van der Waals surface area contributed by atoms with E-state index in [2.05, 4.69) is 0 Å². The maximum Gasteiger partial charge on any atom is 0.190 e. The minimum Gasteiger partial charge on any atom is -0.347 e. The SMILES string of the molecule is ClCCC(Cl)(Cl)C1OCCO1. The van der Waals surface area contributed by atoms with Crippen LogP contribution in [0.5, 0.6) is 0 Å². The molecule has 0 atom stereocenters. The molecule has 0 radical (unpaired) electrons. The molecule has 2 nitrogen and oxygen atoms in total. The lowest BCUT2D eigenvalue weighted by atomic mass is 10.3. The molecule has 0 unspecified atom stereocenters. The molecule has 0 aliphatic carbocycles. The highest BCUT2D eigenvalue weighted by atomic mass is 35.5. The van der Waals surface area contributed by atoms with Gasteiger partial charge in [0, 0.05) is 5.88 Å². The first-order chi connectivity index (χ1) is 5.17. The molecule has 1 heterocycles. The Kier molecular flexibility index (Phi) is 3.72. The van der Waals surface area contributed by atoms with E-state index in [4.69, 9.17) is 44.3 Å². The molecule has 0 aromatic rings. The minimum atomic E-state index is -1.00. The molecule has 11 heavy (non-hydrogen) atoms. The number of alkyl halides is 3. The molecule has 1 aliphatic heterocycles. The Morgan fingerprint density at radius 2 is 1.82 bits per heavy atom. The van der Waals surface area contributed by atoms with Crippen molar-refractivity contribution in [3.8, 4) is 0 Å². The first kappa shape index (κ1) is 9.87. The van der Waals surface area contributed by atoms with Gasteiger partial charge in [-0.15, -0.1) is 11.6 Å². The van der Waals surface area contributed by atoms with E-state index in [1.807, 2.05) is 0 Å². The third kappa shape index (κ3) is 2.63. The van der Waals surface area contributed by atoms with Gasteiger partial charge in [0.1, 0.15) is 0 Å². The zero-order chi connectivity index (χ0) is 8.32. The minimum absolute atomic E-state index is 0.399. The predicted octanol–water partition coefficient (Wildman–Crippen LogP) is 2.16. The standard InChI is InChI=1S/C6H9Cl3O2/c7-2-1-6(8,9)5-10-3-4-11-5/h5H,1-4H2. The van der Waals surface area contributed by atoms with Crippen LogP contribution >= 0.6 is 34.8 Å². The summed E-state index contributed by atoms with van der Waals surface area (Å²) in [6.45, 7) is 1.10. The molecular formula is C6H9Cl3O2. The first-order valence-corrected chi connectivity index (χ1v) is 4.63. The largest absolute Gasteiger partial charge is 0.347 e. The van der Waals surface area contributed by atoms with Crippen LogP contribution in [0.4, 0.5) is 0 Å². The molecular weight excluding hydrogens is 210 g/mol. The molecule has 0 saturated carbocycles. The Balaban J connectivity index is 2.41. The Labute approximate surface area is 80.7 Å². The van der Waals surface area contributed by atoms with E-state index in [0.29, 0.717) is 25.5 Å². The zero-order valence-electron chi connectivity index (χ0n) is 5.86. The fourth-order valence-electron chi connectivity index (χ4n) is 0.846. The van der Waals surface area contributed by atoms with Crippen LogP contribution < -0.4 is 0 Å². The van der Waals surface area contributed by atoms with E-state index in [1.54, 1.807) is 0 Å². The highest BCUT2D eigenvalue weighted by Gasteiger charge is 2.38. The van der Waals surface area contributed by atoms with Crippen LogP contribution in [0.3, 0.4) is 0 Å². The van der Waals surface area contributed by atoms with Crippen LogP contribution in [-0.2, 0) is 9.47 Å². The van der Waals surface area contributed by atoms with E-state index in [-0.39, 0.29) is 0 Å². The molecule has 0 aromatic carbocycles. The molecule has 1 saturated heterocycles. The average Bonchev–Trinajstić information content (AvgIpc) is 2.37. The lowest BCUT2D eigenvalue weighted by Gasteiger charge is -2.23. The van der Waals surface area contributed by atoms with Crippen molar-refractivity contribution in [2.24, 2.45) is 0 Å². The van der Waals surface area contributed by atoms with Crippen molar-refractivity contribution in [2.45, 2.75) is 17.0 Å². The summed E-state index contributed by atoms with van der Waals surface area (Å²) in [5.41, 5.74) is 0. The van der Waals surface area contributed by atoms with E-state index < -0.39 is 10.6 Å². The van der Waals surface area contributed by atoms with Crippen molar-refractivity contribution in [1.29, 1.82) is 0 Å². The van der Waals surface area contributed by atoms with Gasteiger partial charge in [0.2, 0.25) is 0 Å². The fraction of sp³-hybridized carbons (Fsp3) is 1.00. The smallest absolute Gasteiger partial charge is 0.190 e. The van der Waals surface area contributed by atoms with Crippen LogP contribution in [0.2, 0.25) is 0 Å². The van der Waals surface area contributed by atoms with E-state index in [1.165, 1.54) is 0 Å². The summed E-state index contributed by atoms with van der Waals surface area (Å²) in [5, 5.41) is 0. The molecule has 5 heteroatoms. The first-order valence-electron chi connectivity index (χ1n) is 3.34. The number of rotatable bonds is 3. The van der Waals surface area contributed by atoms with Crippen molar-refractivity contribution in [3.05, 3.63) is 0 Å². The van der Waals surface area contributed by atoms with Crippen molar-refractivity contribution in [3.63, 3.8) is 0 Å². The quantitative estimate of drug-likeness (QED) is 0.677. The Hall–Kier alpha value is 0.790. The third-order valence-electron chi connectivity index (χ3n) is 1.39. The molecule has 66 valence electrons. The van der Waals surface area contributed by atoms with Gasteiger partial charge in [-0.05, 0) is 6.42 Å². The fourth-order valence-corrected chi connectivity index (χ4v) is 1.78. The van der Waals surface area contributed by atoms with E-state index >= 15 is 0 Å². The van der Waals surface area contributed by atoms with Crippen LogP contribution in [-0.4, -0.2) is 29.7 Å². The zero-order valence-corrected chi connectivity index (χ0v) is 8.12. The summed E-state index contributed by atoms with van der Waals surface area (Å²) < 4.78 is 9.25. The highest BCUT2D eigenvalue weighted by Crippen LogP contribution is 2.34. The van der Waals surface area contributed by atoms with Crippen LogP contribution in [0.1, 0.15) is 6.42 Å². The second-order valence-corrected chi connectivity index (χ2v) is 4.19. The van der Waals surface area contributed by atoms with Gasteiger partial charge < -0.3 is 9.47 Å². The molecule has 1 rings (SSSR count). The number of hydrogen-bond donors (Lipinski definition) is 0. The van der Waals surface area contributed by atoms with Gasteiger partial charge in [-0.3, -0.25) is 0 Å². The lowest BCUT2D eigenvalue weighted by molar-refractivity contribution is -0.0532. The van der Waals surface area contributed by atoms with Gasteiger partial charge in [-0.25, -0.2) is 0 Å². The van der Waals surface area contributed by atoms with Crippen molar-refractivity contribution < 1.29 is 9.47 Å². The van der Waals surface area contributed by atoms with Gasteiger partial charge in [0.05, 0.1) is 13.2 Å². The van der Waals surface area contributed by atoms with Crippen LogP contribution in [0, 0.1) is 0 Å².